The minimum atomic E-state index is 0.430. The van der Waals surface area contributed by atoms with E-state index in [1.165, 1.54) is 11.3 Å². The maximum atomic E-state index is 5.40. The molecule has 1 unspecified atom stereocenters. The van der Waals surface area contributed by atoms with Gasteiger partial charge in [-0.2, -0.15) is 0 Å². The van der Waals surface area contributed by atoms with Crippen molar-refractivity contribution in [2.24, 2.45) is 0 Å². The molecule has 88 valence electrons. The molecule has 2 N–H and O–H groups in total. The first kappa shape index (κ1) is 11.4. The Morgan fingerprint density at radius 1 is 1.38 bits per heavy atom. The molecule has 0 aromatic heterocycles. The van der Waals surface area contributed by atoms with Crippen LogP contribution >= 0.6 is 0 Å². The van der Waals surface area contributed by atoms with Gasteiger partial charge in [-0.3, -0.25) is 0 Å². The molecular formula is C13H20N2O. The van der Waals surface area contributed by atoms with Crippen molar-refractivity contribution < 1.29 is 4.74 Å². The Balaban J connectivity index is 1.79. The molecule has 0 radical (unpaired) electrons. The molecule has 1 saturated heterocycles. The number of nitrogens with one attached hydrogen (secondary N) is 2. The lowest BCUT2D eigenvalue weighted by molar-refractivity contribution is 0.0806. The number of rotatable bonds is 4. The quantitative estimate of drug-likeness (QED) is 0.809. The summed E-state index contributed by atoms with van der Waals surface area (Å²) in [7, 11) is 0. The van der Waals surface area contributed by atoms with Crippen molar-refractivity contribution in [1.29, 1.82) is 0 Å². The molecule has 1 atom stereocenters. The van der Waals surface area contributed by atoms with Crippen molar-refractivity contribution >= 4 is 5.69 Å². The van der Waals surface area contributed by atoms with Gasteiger partial charge >= 0.3 is 0 Å². The second kappa shape index (κ2) is 5.87. The summed E-state index contributed by atoms with van der Waals surface area (Å²) in [6.07, 6.45) is 1.10. The van der Waals surface area contributed by atoms with E-state index in [1.807, 2.05) is 0 Å². The lowest BCUT2D eigenvalue weighted by Gasteiger charge is -2.24. The zero-order chi connectivity index (χ0) is 11.2. The summed E-state index contributed by atoms with van der Waals surface area (Å²) in [5.74, 6) is 0. The lowest BCUT2D eigenvalue weighted by Crippen LogP contribution is -2.45. The third-order valence-corrected chi connectivity index (χ3v) is 2.91. The minimum Gasteiger partial charge on any atom is -0.383 e. The first-order valence-corrected chi connectivity index (χ1v) is 6.02. The van der Waals surface area contributed by atoms with E-state index in [-0.39, 0.29) is 0 Å². The number of ether oxygens (including phenoxy) is 1. The second-order valence-electron chi connectivity index (χ2n) is 4.16. The zero-order valence-corrected chi connectivity index (χ0v) is 9.83. The van der Waals surface area contributed by atoms with Crippen LogP contribution in [-0.2, 0) is 11.2 Å². The number of hydrogen-bond donors (Lipinski definition) is 2. The topological polar surface area (TPSA) is 33.3 Å². The predicted molar refractivity (Wildman–Crippen MR) is 66.9 cm³/mol. The van der Waals surface area contributed by atoms with Crippen LogP contribution in [0.1, 0.15) is 12.5 Å². The molecule has 0 bridgehead atoms. The molecule has 1 heterocycles. The predicted octanol–water partition coefficient (Wildman–Crippen LogP) is 1.65. The first-order valence-electron chi connectivity index (χ1n) is 6.02. The molecular weight excluding hydrogens is 200 g/mol. The van der Waals surface area contributed by atoms with E-state index in [0.717, 1.165) is 32.7 Å². The third kappa shape index (κ3) is 3.22. The van der Waals surface area contributed by atoms with Crippen LogP contribution in [0.2, 0.25) is 0 Å². The summed E-state index contributed by atoms with van der Waals surface area (Å²) < 4.78 is 5.40. The smallest absolute Gasteiger partial charge is 0.0637 e. The van der Waals surface area contributed by atoms with E-state index in [2.05, 4.69) is 41.8 Å². The van der Waals surface area contributed by atoms with Crippen LogP contribution in [0.15, 0.2) is 24.3 Å². The number of anilines is 1. The average Bonchev–Trinajstić information content (AvgIpc) is 2.38. The molecule has 1 aromatic carbocycles. The van der Waals surface area contributed by atoms with Crippen molar-refractivity contribution in [2.75, 3.05) is 31.6 Å². The van der Waals surface area contributed by atoms with E-state index >= 15 is 0 Å². The van der Waals surface area contributed by atoms with Crippen LogP contribution in [0.5, 0.6) is 0 Å². The highest BCUT2D eigenvalue weighted by atomic mass is 16.5. The molecule has 0 amide bonds. The van der Waals surface area contributed by atoms with E-state index in [9.17, 15) is 0 Å². The van der Waals surface area contributed by atoms with Gasteiger partial charge in [-0.1, -0.05) is 19.1 Å². The summed E-state index contributed by atoms with van der Waals surface area (Å²) in [5.41, 5.74) is 2.56. The fourth-order valence-corrected chi connectivity index (χ4v) is 1.85. The maximum absolute atomic E-state index is 5.40. The van der Waals surface area contributed by atoms with Gasteiger partial charge in [0.25, 0.3) is 0 Å². The molecule has 16 heavy (non-hydrogen) atoms. The van der Waals surface area contributed by atoms with Crippen LogP contribution in [0, 0.1) is 0 Å². The minimum absolute atomic E-state index is 0.430. The van der Waals surface area contributed by atoms with Crippen molar-refractivity contribution in [1.82, 2.24) is 5.32 Å². The Labute approximate surface area is 97.2 Å². The Morgan fingerprint density at radius 2 is 2.19 bits per heavy atom. The molecule has 0 aliphatic carbocycles. The number of hydrogen-bond acceptors (Lipinski definition) is 3. The van der Waals surface area contributed by atoms with Crippen molar-refractivity contribution in [3.63, 3.8) is 0 Å². The Kier molecular flexibility index (Phi) is 4.19. The highest BCUT2D eigenvalue weighted by Crippen LogP contribution is 2.10. The molecule has 1 fully saturated rings. The van der Waals surface area contributed by atoms with Gasteiger partial charge in [-0.25, -0.2) is 0 Å². The number of benzene rings is 1. The summed E-state index contributed by atoms with van der Waals surface area (Å²) in [5, 5.41) is 6.85. The lowest BCUT2D eigenvalue weighted by atomic mass is 10.1. The Morgan fingerprint density at radius 3 is 2.81 bits per heavy atom. The molecule has 0 saturated carbocycles. The zero-order valence-electron chi connectivity index (χ0n) is 9.83. The molecule has 2 rings (SSSR count). The molecule has 1 aliphatic heterocycles. The largest absolute Gasteiger partial charge is 0.383 e. The van der Waals surface area contributed by atoms with Crippen molar-refractivity contribution in [2.45, 2.75) is 19.4 Å². The monoisotopic (exact) mass is 220 g/mol. The van der Waals surface area contributed by atoms with Crippen LogP contribution < -0.4 is 10.6 Å². The normalized spacial score (nSPS) is 20.7. The second-order valence-corrected chi connectivity index (χ2v) is 4.16. The van der Waals surface area contributed by atoms with Crippen molar-refractivity contribution in [3.05, 3.63) is 29.8 Å². The van der Waals surface area contributed by atoms with Crippen LogP contribution in [0.4, 0.5) is 5.69 Å². The summed E-state index contributed by atoms with van der Waals surface area (Å²) >= 11 is 0. The fourth-order valence-electron chi connectivity index (χ4n) is 1.85. The Hall–Kier alpha value is -1.06. The van der Waals surface area contributed by atoms with E-state index in [0.29, 0.717) is 6.04 Å². The molecule has 0 spiro atoms. The summed E-state index contributed by atoms with van der Waals surface area (Å²) in [4.78, 5) is 0. The molecule has 1 aromatic rings. The van der Waals surface area contributed by atoms with E-state index < -0.39 is 0 Å². The van der Waals surface area contributed by atoms with Gasteiger partial charge < -0.3 is 15.4 Å². The standard InChI is InChI=1S/C13H20N2O/c1-2-11-3-5-12(6-4-11)15-9-13-10-16-8-7-14-13/h3-6,13-15H,2,7-10H2,1H3. The van der Waals surface area contributed by atoms with Gasteiger partial charge in [0, 0.05) is 24.8 Å². The Bertz CT molecular complexity index is 304. The molecule has 3 heteroatoms. The van der Waals surface area contributed by atoms with Crippen LogP contribution in [0.25, 0.3) is 0 Å². The van der Waals surface area contributed by atoms with E-state index in [1.54, 1.807) is 0 Å². The van der Waals surface area contributed by atoms with Crippen LogP contribution in [-0.4, -0.2) is 32.3 Å². The fraction of sp³-hybridized carbons (Fsp3) is 0.538. The molecule has 3 nitrogen and oxygen atoms in total. The summed E-state index contributed by atoms with van der Waals surface area (Å²) in [6.45, 7) is 5.69. The van der Waals surface area contributed by atoms with Gasteiger partial charge in [0.2, 0.25) is 0 Å². The SMILES string of the molecule is CCc1ccc(NCC2COCCN2)cc1. The number of aryl methyl sites for hydroxylation is 1. The maximum Gasteiger partial charge on any atom is 0.0637 e. The summed E-state index contributed by atoms with van der Waals surface area (Å²) in [6, 6.07) is 9.06. The first-order chi connectivity index (χ1) is 7.88. The van der Waals surface area contributed by atoms with Gasteiger partial charge in [0.05, 0.1) is 13.2 Å². The highest BCUT2D eigenvalue weighted by molar-refractivity contribution is 5.44. The van der Waals surface area contributed by atoms with Gasteiger partial charge in [-0.05, 0) is 24.1 Å². The molecule has 1 aliphatic rings. The van der Waals surface area contributed by atoms with Crippen molar-refractivity contribution in [3.8, 4) is 0 Å². The van der Waals surface area contributed by atoms with E-state index in [4.69, 9.17) is 4.74 Å². The third-order valence-electron chi connectivity index (χ3n) is 2.91. The average molecular weight is 220 g/mol. The van der Waals surface area contributed by atoms with Gasteiger partial charge in [0.1, 0.15) is 0 Å². The highest BCUT2D eigenvalue weighted by Gasteiger charge is 2.11. The number of morpholine rings is 1. The van der Waals surface area contributed by atoms with Crippen LogP contribution in [0.3, 0.4) is 0 Å². The van der Waals surface area contributed by atoms with Gasteiger partial charge in [-0.15, -0.1) is 0 Å². The van der Waals surface area contributed by atoms with Gasteiger partial charge in [0.15, 0.2) is 0 Å².